The van der Waals surface area contributed by atoms with Crippen LogP contribution in [0.4, 0.5) is 11.6 Å². The van der Waals surface area contributed by atoms with Crippen LogP contribution in [0.2, 0.25) is 0 Å². The van der Waals surface area contributed by atoms with Crippen LogP contribution in [0.25, 0.3) is 5.69 Å². The minimum atomic E-state index is -0.359. The van der Waals surface area contributed by atoms with Gasteiger partial charge in [-0.25, -0.2) is 4.98 Å². The van der Waals surface area contributed by atoms with Crippen LogP contribution in [0.15, 0.2) is 69.5 Å². The molecule has 174 valence electrons. The summed E-state index contributed by atoms with van der Waals surface area (Å²) in [6, 6.07) is 16.1. The Kier molecular flexibility index (Phi) is 7.03. The van der Waals surface area contributed by atoms with E-state index >= 15 is 0 Å². The normalized spacial score (nSPS) is 11.3. The summed E-state index contributed by atoms with van der Waals surface area (Å²) >= 11 is 1.34. The second-order valence-corrected chi connectivity index (χ2v) is 7.69. The van der Waals surface area contributed by atoms with E-state index < -0.39 is 0 Å². The van der Waals surface area contributed by atoms with E-state index in [0.717, 1.165) is 5.69 Å². The third kappa shape index (κ3) is 5.50. The largest absolute Gasteiger partial charge is 0.497 e. The fraction of sp³-hybridized carbons (Fsp3) is 0.143. The molecule has 34 heavy (non-hydrogen) atoms. The third-order valence-corrected chi connectivity index (χ3v) is 5.42. The fourth-order valence-corrected chi connectivity index (χ4v) is 3.72. The number of aromatic amines is 1. The summed E-state index contributed by atoms with van der Waals surface area (Å²) in [7, 11) is 3.09. The Labute approximate surface area is 198 Å². The van der Waals surface area contributed by atoms with E-state index in [1.54, 1.807) is 30.0 Å². The molecule has 4 aromatic rings. The van der Waals surface area contributed by atoms with Gasteiger partial charge in [0.25, 0.3) is 5.56 Å². The Balaban J connectivity index is 1.49. The minimum absolute atomic E-state index is 0.0180. The minimum Gasteiger partial charge on any atom is -0.497 e. The molecule has 0 aliphatic carbocycles. The maximum Gasteiger partial charge on any atom is 0.252 e. The predicted molar refractivity (Wildman–Crippen MR) is 128 cm³/mol. The van der Waals surface area contributed by atoms with Crippen LogP contribution in [0, 0.1) is 0 Å². The third-order valence-electron chi connectivity index (χ3n) is 4.47. The number of para-hydroxylation sites is 1. The summed E-state index contributed by atoms with van der Waals surface area (Å²) in [4.78, 5) is 23.3. The van der Waals surface area contributed by atoms with Gasteiger partial charge in [0.2, 0.25) is 17.1 Å². The highest BCUT2D eigenvalue weighted by Gasteiger charge is 2.11. The van der Waals surface area contributed by atoms with Crippen molar-refractivity contribution in [3.8, 4) is 17.2 Å². The van der Waals surface area contributed by atoms with Gasteiger partial charge in [-0.05, 0) is 34.7 Å². The quantitative estimate of drug-likeness (QED) is 0.194. The Hall–Kier alpha value is -4.39. The summed E-state index contributed by atoms with van der Waals surface area (Å²) in [5, 5.41) is 15.3. The van der Waals surface area contributed by atoms with Crippen molar-refractivity contribution in [2.24, 2.45) is 10.7 Å². The maximum absolute atomic E-state index is 12.2. The highest BCUT2D eigenvalue weighted by molar-refractivity contribution is 7.98. The standard InChI is InChI=1S/C21H21N9O3S/c1-32-15-8-9-16(17(11-15)33-2)24-19(22)26-20-23-13(10-18(31)25-20)12-34-21-27-28-29-30(21)14-6-4-3-5-7-14/h3-11H,12H2,1-2H3,(H4,22,23,24,25,26,31). The first-order chi connectivity index (χ1) is 16.6. The number of rotatable bonds is 8. The first-order valence-electron chi connectivity index (χ1n) is 9.96. The number of tetrazole rings is 1. The second kappa shape index (κ2) is 10.5. The van der Waals surface area contributed by atoms with Gasteiger partial charge >= 0.3 is 0 Å². The highest BCUT2D eigenvalue weighted by Crippen LogP contribution is 2.29. The van der Waals surface area contributed by atoms with Crippen LogP contribution in [0.3, 0.4) is 0 Å². The van der Waals surface area contributed by atoms with Gasteiger partial charge in [-0.1, -0.05) is 30.0 Å². The van der Waals surface area contributed by atoms with Gasteiger partial charge < -0.3 is 20.5 Å². The highest BCUT2D eigenvalue weighted by atomic mass is 32.2. The number of nitrogens with one attached hydrogen (secondary N) is 2. The van der Waals surface area contributed by atoms with Gasteiger partial charge in [0.1, 0.15) is 11.5 Å². The van der Waals surface area contributed by atoms with Crippen molar-refractivity contribution in [3.05, 3.63) is 70.6 Å². The number of benzene rings is 2. The van der Waals surface area contributed by atoms with Crippen molar-refractivity contribution in [2.75, 3.05) is 19.5 Å². The monoisotopic (exact) mass is 479 g/mol. The topological polar surface area (TPSA) is 158 Å². The molecule has 2 heterocycles. The number of methoxy groups -OCH3 is 2. The summed E-state index contributed by atoms with van der Waals surface area (Å²) < 4.78 is 12.1. The molecule has 2 aromatic carbocycles. The maximum atomic E-state index is 12.2. The molecule has 13 heteroatoms. The lowest BCUT2D eigenvalue weighted by atomic mass is 10.2. The number of anilines is 1. The number of hydrogen-bond donors (Lipinski definition) is 3. The summed E-state index contributed by atoms with van der Waals surface area (Å²) in [5.74, 6) is 1.57. The Morgan fingerprint density at radius 2 is 2.00 bits per heavy atom. The number of guanidine groups is 1. The fourth-order valence-electron chi connectivity index (χ4n) is 2.94. The van der Waals surface area contributed by atoms with E-state index in [1.165, 1.54) is 24.9 Å². The number of thioether (sulfide) groups is 1. The molecule has 0 radical (unpaired) electrons. The number of aromatic nitrogens is 6. The number of hydrogen-bond acceptors (Lipinski definition) is 9. The molecule has 12 nitrogen and oxygen atoms in total. The second-order valence-electron chi connectivity index (χ2n) is 6.75. The van der Waals surface area contributed by atoms with Crippen LogP contribution in [-0.2, 0) is 5.75 Å². The van der Waals surface area contributed by atoms with E-state index in [0.29, 0.717) is 33.8 Å². The zero-order valence-corrected chi connectivity index (χ0v) is 19.1. The van der Waals surface area contributed by atoms with E-state index in [4.69, 9.17) is 15.2 Å². The SMILES string of the molecule is COc1ccc(N/C(N)=N/c2nc(CSc3nnnn3-c3ccccc3)cc(=O)[nH]2)c(OC)c1. The molecule has 0 saturated heterocycles. The van der Waals surface area contributed by atoms with Crippen LogP contribution in [0.1, 0.15) is 5.69 Å². The number of H-pyrrole nitrogens is 1. The lowest BCUT2D eigenvalue weighted by Crippen LogP contribution is -2.23. The van der Waals surface area contributed by atoms with E-state index in [2.05, 4.69) is 35.8 Å². The molecule has 0 bridgehead atoms. The molecule has 0 fully saturated rings. The zero-order chi connectivity index (χ0) is 23.9. The van der Waals surface area contributed by atoms with Gasteiger partial charge in [-0.2, -0.15) is 9.67 Å². The number of ether oxygens (including phenoxy) is 2. The number of nitrogens with two attached hydrogens (primary N) is 1. The van der Waals surface area contributed by atoms with E-state index in [-0.39, 0.29) is 17.5 Å². The molecule has 4 rings (SSSR count). The van der Waals surface area contributed by atoms with Crippen LogP contribution < -0.4 is 26.1 Å². The van der Waals surface area contributed by atoms with Crippen molar-refractivity contribution < 1.29 is 9.47 Å². The van der Waals surface area contributed by atoms with E-state index in [1.807, 2.05) is 30.3 Å². The van der Waals surface area contributed by atoms with Crippen molar-refractivity contribution in [3.63, 3.8) is 0 Å². The predicted octanol–water partition coefficient (Wildman–Crippen LogP) is 2.11. The Bertz CT molecular complexity index is 1360. The van der Waals surface area contributed by atoms with Crippen LogP contribution in [0.5, 0.6) is 11.5 Å². The molecule has 0 aliphatic heterocycles. The molecule has 2 aromatic heterocycles. The van der Waals surface area contributed by atoms with Crippen LogP contribution in [-0.4, -0.2) is 50.4 Å². The lowest BCUT2D eigenvalue weighted by Gasteiger charge is -2.11. The van der Waals surface area contributed by atoms with Gasteiger partial charge in [0, 0.05) is 17.9 Å². The lowest BCUT2D eigenvalue weighted by molar-refractivity contribution is 0.395. The molecule has 0 amide bonds. The summed E-state index contributed by atoms with van der Waals surface area (Å²) in [6.07, 6.45) is 0. The molecule has 0 aliphatic rings. The molecule has 0 spiro atoms. The van der Waals surface area contributed by atoms with Crippen molar-refractivity contribution in [1.82, 2.24) is 30.2 Å². The Morgan fingerprint density at radius 3 is 2.76 bits per heavy atom. The van der Waals surface area contributed by atoms with Gasteiger partial charge in [0.15, 0.2) is 0 Å². The molecule has 4 N–H and O–H groups in total. The first kappa shape index (κ1) is 22.8. The van der Waals surface area contributed by atoms with Gasteiger partial charge in [-0.15, -0.1) is 5.10 Å². The number of nitrogens with zero attached hydrogens (tertiary/aromatic N) is 6. The van der Waals surface area contributed by atoms with Gasteiger partial charge in [-0.3, -0.25) is 9.78 Å². The average Bonchev–Trinajstić information content (AvgIpc) is 3.32. The summed E-state index contributed by atoms with van der Waals surface area (Å²) in [6.45, 7) is 0. The van der Waals surface area contributed by atoms with E-state index in [9.17, 15) is 4.79 Å². The van der Waals surface area contributed by atoms with Crippen molar-refractivity contribution >= 4 is 29.4 Å². The Morgan fingerprint density at radius 1 is 1.18 bits per heavy atom. The van der Waals surface area contributed by atoms with Crippen LogP contribution >= 0.6 is 11.8 Å². The molecule has 0 saturated carbocycles. The molecule has 0 atom stereocenters. The van der Waals surface area contributed by atoms with Crippen molar-refractivity contribution in [1.29, 1.82) is 0 Å². The van der Waals surface area contributed by atoms with Crippen molar-refractivity contribution in [2.45, 2.75) is 10.9 Å². The zero-order valence-electron chi connectivity index (χ0n) is 18.3. The van der Waals surface area contributed by atoms with Gasteiger partial charge in [0.05, 0.1) is 31.3 Å². The summed E-state index contributed by atoms with van der Waals surface area (Å²) in [5.41, 5.74) is 7.55. The molecular formula is C21H21N9O3S. The number of aliphatic imine (C=N–C) groups is 1. The molecule has 0 unspecified atom stereocenters. The molecular weight excluding hydrogens is 458 g/mol. The average molecular weight is 480 g/mol. The first-order valence-corrected chi connectivity index (χ1v) is 10.9. The smallest absolute Gasteiger partial charge is 0.252 e.